The van der Waals surface area contributed by atoms with Crippen molar-refractivity contribution in [1.82, 2.24) is 0 Å². The Labute approximate surface area is 167 Å². The molecule has 0 aliphatic heterocycles. The summed E-state index contributed by atoms with van der Waals surface area (Å²) in [6.45, 7) is 6.14. The monoisotopic (exact) mass is 406 g/mol. The number of aliphatic hydroxyl groups is 1. The minimum Gasteiger partial charge on any atom is -0.389 e. The molecule has 1 unspecified atom stereocenters. The van der Waals surface area contributed by atoms with Crippen LogP contribution in [0.3, 0.4) is 0 Å². The van der Waals surface area contributed by atoms with Crippen LogP contribution in [-0.4, -0.2) is 46.7 Å². The molecule has 0 bridgehead atoms. The molecule has 0 spiro atoms. The Kier molecular flexibility index (Phi) is 4.19. The average Bonchev–Trinajstić information content (AvgIpc) is 2.90. The molecule has 4 aliphatic rings. The van der Waals surface area contributed by atoms with E-state index in [9.17, 15) is 24.3 Å². The fourth-order valence-electron chi connectivity index (χ4n) is 6.80. The number of carbonyl (C=O) groups excluding carboxylic acids is 4. The summed E-state index contributed by atoms with van der Waals surface area (Å²) in [5.74, 6) is -5.17. The third-order valence-electron chi connectivity index (χ3n) is 8.13. The topological polar surface area (TPSA) is 88.5 Å². The number of carbonyl (C=O) groups is 4. The molecular formula is C22H24F2O5. The Bertz CT molecular complexity index is 907. The van der Waals surface area contributed by atoms with Crippen molar-refractivity contribution in [3.05, 3.63) is 23.8 Å². The van der Waals surface area contributed by atoms with Crippen molar-refractivity contribution in [2.24, 2.45) is 28.6 Å². The van der Waals surface area contributed by atoms with Gasteiger partial charge >= 0.3 is 0 Å². The van der Waals surface area contributed by atoms with Crippen LogP contribution in [0.1, 0.15) is 39.5 Å². The van der Waals surface area contributed by atoms with Gasteiger partial charge in [-0.3, -0.25) is 19.2 Å². The number of fused-ring (bicyclic) bond motifs is 5. The van der Waals surface area contributed by atoms with E-state index in [1.165, 1.54) is 6.92 Å². The first-order chi connectivity index (χ1) is 13.4. The SMILES string of the molecule is C=C1C[C@H]2[C@@H]3CC(F)C4=CC(=O)CC(=O)[C@]4(C)[C@@]3(F)C(=O)C[C@]2(C)[C@H]1C(=O)CO. The van der Waals surface area contributed by atoms with E-state index in [0.717, 1.165) is 6.08 Å². The molecule has 7 atom stereocenters. The lowest BCUT2D eigenvalue weighted by atomic mass is 9.44. The predicted molar refractivity (Wildman–Crippen MR) is 98.2 cm³/mol. The Morgan fingerprint density at radius 2 is 1.90 bits per heavy atom. The van der Waals surface area contributed by atoms with E-state index < -0.39 is 76.6 Å². The van der Waals surface area contributed by atoms with Crippen molar-refractivity contribution in [3.63, 3.8) is 0 Å². The molecule has 0 radical (unpaired) electrons. The van der Waals surface area contributed by atoms with Gasteiger partial charge in [-0.2, -0.15) is 0 Å². The highest BCUT2D eigenvalue weighted by Crippen LogP contribution is 2.68. The summed E-state index contributed by atoms with van der Waals surface area (Å²) in [6.07, 6.45) is -1.70. The van der Waals surface area contributed by atoms with Crippen molar-refractivity contribution >= 4 is 23.1 Å². The smallest absolute Gasteiger partial charge is 0.187 e. The molecule has 0 aromatic rings. The van der Waals surface area contributed by atoms with Crippen molar-refractivity contribution in [3.8, 4) is 0 Å². The van der Waals surface area contributed by atoms with E-state index >= 15 is 8.78 Å². The van der Waals surface area contributed by atoms with Gasteiger partial charge in [-0.1, -0.05) is 19.1 Å². The third-order valence-corrected chi connectivity index (χ3v) is 8.13. The Morgan fingerprint density at radius 1 is 1.24 bits per heavy atom. The van der Waals surface area contributed by atoms with Gasteiger partial charge in [0.15, 0.2) is 28.8 Å². The fourth-order valence-corrected chi connectivity index (χ4v) is 6.80. The number of halogens is 2. The second-order valence-corrected chi connectivity index (χ2v) is 9.44. The second-order valence-electron chi connectivity index (χ2n) is 9.44. The van der Waals surface area contributed by atoms with Crippen LogP contribution in [0.5, 0.6) is 0 Å². The molecular weight excluding hydrogens is 382 g/mol. The Morgan fingerprint density at radius 3 is 2.52 bits per heavy atom. The van der Waals surface area contributed by atoms with E-state index in [0.29, 0.717) is 5.57 Å². The summed E-state index contributed by atoms with van der Waals surface area (Å²) in [7, 11) is 0. The van der Waals surface area contributed by atoms with Gasteiger partial charge in [0, 0.05) is 18.3 Å². The predicted octanol–water partition coefficient (Wildman–Crippen LogP) is 2.26. The first-order valence-corrected chi connectivity index (χ1v) is 9.88. The molecule has 0 heterocycles. The standard InChI is InChI=1S/C22H24F2O5/c1-10-4-12-13-7-15(23)14-5-11(26)6-17(28)21(14,3)22(13,24)18(29)8-20(12,2)19(10)16(27)9-25/h5,12-13,15,19,25H,1,4,6-9H2,2-3H3/t12-,13-,15?,19+,20-,21+,22-/m0/s1. The lowest BCUT2D eigenvalue weighted by Gasteiger charge is -2.59. The number of hydrogen-bond donors (Lipinski definition) is 1. The zero-order chi connectivity index (χ0) is 21.5. The van der Waals surface area contributed by atoms with Gasteiger partial charge in [-0.15, -0.1) is 0 Å². The first kappa shape index (κ1) is 20.3. The Hall–Kier alpha value is -2.02. The van der Waals surface area contributed by atoms with Crippen LogP contribution in [0.4, 0.5) is 8.78 Å². The number of Topliss-reactive ketones (excluding diaryl/α,β-unsaturated/α-hetero) is 3. The summed E-state index contributed by atoms with van der Waals surface area (Å²) >= 11 is 0. The minimum absolute atomic E-state index is 0.228. The molecule has 0 aromatic carbocycles. The van der Waals surface area contributed by atoms with Crippen LogP contribution >= 0.6 is 0 Å². The van der Waals surface area contributed by atoms with Gasteiger partial charge < -0.3 is 5.11 Å². The summed E-state index contributed by atoms with van der Waals surface area (Å²) in [6, 6.07) is 0. The molecule has 0 saturated heterocycles. The zero-order valence-corrected chi connectivity index (χ0v) is 16.5. The van der Waals surface area contributed by atoms with Crippen LogP contribution < -0.4 is 0 Å². The second kappa shape index (κ2) is 6.00. The number of allylic oxidation sites excluding steroid dienone is 2. The first-order valence-electron chi connectivity index (χ1n) is 9.88. The summed E-state index contributed by atoms with van der Waals surface area (Å²) in [4.78, 5) is 50.4. The molecule has 4 aliphatic carbocycles. The van der Waals surface area contributed by atoms with Crippen LogP contribution in [-0.2, 0) is 19.2 Å². The molecule has 0 aromatic heterocycles. The summed E-state index contributed by atoms with van der Waals surface area (Å²) in [5.41, 5.74) is -5.39. The van der Waals surface area contributed by atoms with Crippen molar-refractivity contribution in [2.45, 2.75) is 51.4 Å². The summed E-state index contributed by atoms with van der Waals surface area (Å²) < 4.78 is 32.0. The molecule has 156 valence electrons. The van der Waals surface area contributed by atoms with E-state index in [1.807, 2.05) is 0 Å². The van der Waals surface area contributed by atoms with Crippen molar-refractivity contribution in [1.29, 1.82) is 0 Å². The molecule has 4 rings (SSSR count). The van der Waals surface area contributed by atoms with E-state index in [-0.39, 0.29) is 24.8 Å². The van der Waals surface area contributed by atoms with Crippen molar-refractivity contribution < 1.29 is 33.1 Å². The molecule has 7 heteroatoms. The minimum atomic E-state index is -2.64. The lowest BCUT2D eigenvalue weighted by molar-refractivity contribution is -0.181. The van der Waals surface area contributed by atoms with Crippen LogP contribution in [0.15, 0.2) is 23.8 Å². The third kappa shape index (κ3) is 2.22. The van der Waals surface area contributed by atoms with Gasteiger partial charge in [-0.25, -0.2) is 8.78 Å². The summed E-state index contributed by atoms with van der Waals surface area (Å²) in [5, 5.41) is 9.37. The molecule has 3 saturated carbocycles. The highest BCUT2D eigenvalue weighted by Gasteiger charge is 2.75. The highest BCUT2D eigenvalue weighted by atomic mass is 19.1. The molecule has 0 amide bonds. The average molecular weight is 406 g/mol. The van der Waals surface area contributed by atoms with Gasteiger partial charge in [0.25, 0.3) is 0 Å². The van der Waals surface area contributed by atoms with Crippen molar-refractivity contribution in [2.75, 3.05) is 6.61 Å². The van der Waals surface area contributed by atoms with E-state index in [1.54, 1.807) is 6.92 Å². The number of rotatable bonds is 2. The molecule has 29 heavy (non-hydrogen) atoms. The fraction of sp³-hybridized carbons (Fsp3) is 0.636. The van der Waals surface area contributed by atoms with Crippen LogP contribution in [0.2, 0.25) is 0 Å². The van der Waals surface area contributed by atoms with Crippen LogP contribution in [0.25, 0.3) is 0 Å². The van der Waals surface area contributed by atoms with Crippen LogP contribution in [0, 0.1) is 28.6 Å². The number of aliphatic hydroxyl groups excluding tert-OH is 1. The quantitative estimate of drug-likeness (QED) is 0.561. The number of hydrogen-bond acceptors (Lipinski definition) is 5. The van der Waals surface area contributed by atoms with Gasteiger partial charge in [-0.05, 0) is 42.7 Å². The normalized spacial score (nSPS) is 46.7. The maximum absolute atomic E-state index is 16.8. The van der Waals surface area contributed by atoms with E-state index in [2.05, 4.69) is 6.58 Å². The highest BCUT2D eigenvalue weighted by molar-refractivity contribution is 6.14. The van der Waals surface area contributed by atoms with Gasteiger partial charge in [0.1, 0.15) is 12.8 Å². The maximum atomic E-state index is 16.8. The van der Waals surface area contributed by atoms with Gasteiger partial charge in [0.05, 0.1) is 11.8 Å². The van der Waals surface area contributed by atoms with Gasteiger partial charge in [0.2, 0.25) is 0 Å². The Balaban J connectivity index is 1.89. The number of ketones is 4. The lowest BCUT2D eigenvalue weighted by Crippen LogP contribution is -2.69. The maximum Gasteiger partial charge on any atom is 0.187 e. The molecule has 1 N–H and O–H groups in total. The largest absolute Gasteiger partial charge is 0.389 e. The van der Waals surface area contributed by atoms with E-state index in [4.69, 9.17) is 0 Å². The molecule has 3 fully saturated rings. The number of alkyl halides is 2. The zero-order valence-electron chi connectivity index (χ0n) is 16.5. The molecule has 5 nitrogen and oxygen atoms in total.